The number of hydrogen-bond donors (Lipinski definition) is 2. The predicted molar refractivity (Wildman–Crippen MR) is 118 cm³/mol. The molecule has 28 heavy (non-hydrogen) atoms. The zero-order valence-corrected chi connectivity index (χ0v) is 16.5. The molecule has 0 bridgehead atoms. The molecule has 0 aliphatic carbocycles. The summed E-state index contributed by atoms with van der Waals surface area (Å²) in [5.41, 5.74) is 2.79. The summed E-state index contributed by atoms with van der Waals surface area (Å²) in [5.74, 6) is 1.24. The number of rotatable bonds is 6. The molecule has 6 heteroatoms. The third-order valence-corrected chi connectivity index (χ3v) is 5.17. The number of hydrogen-bond acceptors (Lipinski definition) is 4. The van der Waals surface area contributed by atoms with Crippen molar-refractivity contribution in [3.05, 3.63) is 88.4 Å². The quantitative estimate of drug-likeness (QED) is 0.391. The Morgan fingerprint density at radius 2 is 1.57 bits per heavy atom. The first-order valence-electron chi connectivity index (χ1n) is 8.96. The molecular formula is C22H18Cl2N4. The summed E-state index contributed by atoms with van der Waals surface area (Å²) >= 11 is 12.4. The fourth-order valence-electron chi connectivity index (χ4n) is 2.96. The number of benzene rings is 3. The topological polar surface area (TPSA) is 49.8 Å². The zero-order valence-electron chi connectivity index (χ0n) is 15.0. The zero-order chi connectivity index (χ0) is 19.3. The molecule has 4 aromatic rings. The van der Waals surface area contributed by atoms with Gasteiger partial charge in [-0.15, -0.1) is 0 Å². The number of nitrogens with one attached hydrogen (secondary N) is 2. The van der Waals surface area contributed by atoms with Crippen LogP contribution in [0.15, 0.2) is 72.8 Å². The minimum absolute atomic E-state index is 0.444. The molecule has 0 aliphatic rings. The lowest BCUT2D eigenvalue weighted by molar-refractivity contribution is 1.01. The van der Waals surface area contributed by atoms with E-state index in [0.717, 1.165) is 29.7 Å². The van der Waals surface area contributed by atoms with Gasteiger partial charge in [-0.05, 0) is 36.2 Å². The standard InChI is InChI=1S/C22H18Cl2N4/c23-17-10-6-12-19(20(17)24)27-22-26-18-11-5-4-9-16(18)21(28-22)25-14-13-15-7-2-1-3-8-15/h1-12H,13-14H2,(H2,25,26,27,28). The molecule has 0 atom stereocenters. The normalized spacial score (nSPS) is 10.8. The van der Waals surface area contributed by atoms with Crippen molar-refractivity contribution in [2.75, 3.05) is 17.2 Å². The lowest BCUT2D eigenvalue weighted by Crippen LogP contribution is -2.09. The molecule has 2 N–H and O–H groups in total. The maximum absolute atomic E-state index is 6.29. The van der Waals surface area contributed by atoms with E-state index in [-0.39, 0.29) is 0 Å². The van der Waals surface area contributed by atoms with Crippen LogP contribution in [0.3, 0.4) is 0 Å². The third kappa shape index (κ3) is 4.19. The molecule has 4 nitrogen and oxygen atoms in total. The van der Waals surface area contributed by atoms with Gasteiger partial charge in [0, 0.05) is 11.9 Å². The molecule has 0 spiro atoms. The number of nitrogens with zero attached hydrogens (tertiary/aromatic N) is 2. The number of anilines is 3. The van der Waals surface area contributed by atoms with E-state index < -0.39 is 0 Å². The highest BCUT2D eigenvalue weighted by molar-refractivity contribution is 6.43. The summed E-state index contributed by atoms with van der Waals surface area (Å²) in [7, 11) is 0. The number of para-hydroxylation sites is 1. The fraction of sp³-hybridized carbons (Fsp3) is 0.0909. The van der Waals surface area contributed by atoms with Crippen LogP contribution in [-0.2, 0) is 6.42 Å². The van der Waals surface area contributed by atoms with Gasteiger partial charge in [-0.25, -0.2) is 4.98 Å². The van der Waals surface area contributed by atoms with Gasteiger partial charge in [0.1, 0.15) is 5.82 Å². The molecule has 0 saturated heterocycles. The Labute approximate surface area is 173 Å². The third-order valence-electron chi connectivity index (χ3n) is 4.35. The molecule has 0 amide bonds. The van der Waals surface area contributed by atoms with E-state index in [1.807, 2.05) is 54.6 Å². The molecule has 1 heterocycles. The Kier molecular flexibility index (Phi) is 5.60. The van der Waals surface area contributed by atoms with Crippen LogP contribution in [0.4, 0.5) is 17.5 Å². The largest absolute Gasteiger partial charge is 0.369 e. The summed E-state index contributed by atoms with van der Waals surface area (Å²) in [6.07, 6.45) is 0.905. The minimum Gasteiger partial charge on any atom is -0.369 e. The second-order valence-electron chi connectivity index (χ2n) is 6.30. The Bertz CT molecular complexity index is 1100. The van der Waals surface area contributed by atoms with E-state index in [1.54, 1.807) is 6.07 Å². The van der Waals surface area contributed by atoms with E-state index >= 15 is 0 Å². The van der Waals surface area contributed by atoms with Crippen molar-refractivity contribution in [1.29, 1.82) is 0 Å². The minimum atomic E-state index is 0.444. The molecule has 0 aliphatic heterocycles. The van der Waals surface area contributed by atoms with Gasteiger partial charge < -0.3 is 10.6 Å². The second-order valence-corrected chi connectivity index (χ2v) is 7.09. The summed E-state index contributed by atoms with van der Waals surface area (Å²) in [6.45, 7) is 0.766. The molecule has 140 valence electrons. The molecule has 4 rings (SSSR count). The Morgan fingerprint density at radius 3 is 2.43 bits per heavy atom. The summed E-state index contributed by atoms with van der Waals surface area (Å²) in [4.78, 5) is 9.27. The lowest BCUT2D eigenvalue weighted by atomic mass is 10.1. The maximum Gasteiger partial charge on any atom is 0.229 e. The highest BCUT2D eigenvalue weighted by atomic mass is 35.5. The van der Waals surface area contributed by atoms with Crippen LogP contribution in [0.25, 0.3) is 10.9 Å². The van der Waals surface area contributed by atoms with Gasteiger partial charge in [-0.2, -0.15) is 4.98 Å². The first-order valence-corrected chi connectivity index (χ1v) is 9.72. The van der Waals surface area contributed by atoms with Crippen LogP contribution < -0.4 is 10.6 Å². The predicted octanol–water partition coefficient (Wildman–Crippen LogP) is 6.33. The van der Waals surface area contributed by atoms with Crippen LogP contribution >= 0.6 is 23.2 Å². The first-order chi connectivity index (χ1) is 13.7. The van der Waals surface area contributed by atoms with E-state index in [1.165, 1.54) is 5.56 Å². The van der Waals surface area contributed by atoms with Crippen molar-refractivity contribution >= 4 is 51.6 Å². The van der Waals surface area contributed by atoms with Crippen molar-refractivity contribution in [3.63, 3.8) is 0 Å². The van der Waals surface area contributed by atoms with Crippen LogP contribution in [0.5, 0.6) is 0 Å². The van der Waals surface area contributed by atoms with Crippen molar-refractivity contribution in [2.45, 2.75) is 6.42 Å². The summed E-state index contributed by atoms with van der Waals surface area (Å²) in [6, 6.07) is 23.7. The van der Waals surface area contributed by atoms with Gasteiger partial charge in [0.2, 0.25) is 5.95 Å². The molecular weight excluding hydrogens is 391 g/mol. The molecule has 0 unspecified atom stereocenters. The van der Waals surface area contributed by atoms with Crippen LogP contribution in [0.1, 0.15) is 5.56 Å². The van der Waals surface area contributed by atoms with Gasteiger partial charge >= 0.3 is 0 Å². The van der Waals surface area contributed by atoms with Gasteiger partial charge in [0.25, 0.3) is 0 Å². The Morgan fingerprint density at radius 1 is 0.786 bits per heavy atom. The van der Waals surface area contributed by atoms with Crippen LogP contribution in [0.2, 0.25) is 10.0 Å². The average Bonchev–Trinajstić information content (AvgIpc) is 2.72. The van der Waals surface area contributed by atoms with Gasteiger partial charge in [0.05, 0.1) is 21.2 Å². The second kappa shape index (κ2) is 8.46. The fourth-order valence-corrected chi connectivity index (χ4v) is 3.31. The van der Waals surface area contributed by atoms with Crippen molar-refractivity contribution in [1.82, 2.24) is 9.97 Å². The molecule has 0 fully saturated rings. The first kappa shape index (κ1) is 18.5. The SMILES string of the molecule is Clc1cccc(Nc2nc(NCCc3ccccc3)c3ccccc3n2)c1Cl. The smallest absolute Gasteiger partial charge is 0.229 e. The van der Waals surface area contributed by atoms with E-state index in [2.05, 4.69) is 32.7 Å². The van der Waals surface area contributed by atoms with Crippen molar-refractivity contribution < 1.29 is 0 Å². The Hall–Kier alpha value is -2.82. The Balaban J connectivity index is 1.60. The average molecular weight is 409 g/mol. The monoisotopic (exact) mass is 408 g/mol. The van der Waals surface area contributed by atoms with Gasteiger partial charge in [-0.1, -0.05) is 71.7 Å². The van der Waals surface area contributed by atoms with E-state index in [0.29, 0.717) is 21.7 Å². The maximum atomic E-state index is 6.29. The van der Waals surface area contributed by atoms with Crippen molar-refractivity contribution in [3.8, 4) is 0 Å². The highest BCUT2D eigenvalue weighted by Crippen LogP contribution is 2.32. The molecule has 3 aromatic carbocycles. The molecule has 0 radical (unpaired) electrons. The van der Waals surface area contributed by atoms with Gasteiger partial charge in [0.15, 0.2) is 0 Å². The number of halogens is 2. The number of fused-ring (bicyclic) bond motifs is 1. The van der Waals surface area contributed by atoms with Gasteiger partial charge in [-0.3, -0.25) is 0 Å². The van der Waals surface area contributed by atoms with E-state index in [4.69, 9.17) is 23.2 Å². The number of aromatic nitrogens is 2. The highest BCUT2D eigenvalue weighted by Gasteiger charge is 2.10. The molecule has 0 saturated carbocycles. The van der Waals surface area contributed by atoms with Crippen LogP contribution in [0, 0.1) is 0 Å². The van der Waals surface area contributed by atoms with Crippen LogP contribution in [-0.4, -0.2) is 16.5 Å². The van der Waals surface area contributed by atoms with Crippen molar-refractivity contribution in [2.24, 2.45) is 0 Å². The summed E-state index contributed by atoms with van der Waals surface area (Å²) in [5, 5.41) is 8.51. The van der Waals surface area contributed by atoms with E-state index in [9.17, 15) is 0 Å². The molecule has 1 aromatic heterocycles. The summed E-state index contributed by atoms with van der Waals surface area (Å²) < 4.78 is 0. The lowest BCUT2D eigenvalue weighted by Gasteiger charge is -2.13.